The van der Waals surface area contributed by atoms with E-state index in [0.717, 1.165) is 11.4 Å². The van der Waals surface area contributed by atoms with E-state index in [2.05, 4.69) is 5.32 Å². The smallest absolute Gasteiger partial charge is 0.123 e. The molecule has 1 atom stereocenters. The molecule has 19 heavy (non-hydrogen) atoms. The fourth-order valence-corrected chi connectivity index (χ4v) is 2.16. The van der Waals surface area contributed by atoms with Gasteiger partial charge >= 0.3 is 0 Å². The van der Waals surface area contributed by atoms with Gasteiger partial charge in [0.2, 0.25) is 0 Å². The van der Waals surface area contributed by atoms with Gasteiger partial charge in [-0.1, -0.05) is 6.07 Å². The van der Waals surface area contributed by atoms with Gasteiger partial charge in [0.1, 0.15) is 24.2 Å². The molecule has 0 saturated heterocycles. The van der Waals surface area contributed by atoms with Crippen molar-refractivity contribution in [2.75, 3.05) is 25.6 Å². The predicted molar refractivity (Wildman–Crippen MR) is 77.3 cm³/mol. The molecule has 2 aromatic rings. The second kappa shape index (κ2) is 7.01. The van der Waals surface area contributed by atoms with Crippen LogP contribution in [-0.2, 0) is 0 Å². The average Bonchev–Trinajstić information content (AvgIpc) is 2.96. The molecule has 1 aromatic carbocycles. The van der Waals surface area contributed by atoms with Crippen LogP contribution in [0.2, 0.25) is 0 Å². The van der Waals surface area contributed by atoms with Crippen LogP contribution in [0.15, 0.2) is 41.1 Å². The number of nitrogens with one attached hydrogen (secondary N) is 1. The van der Waals surface area contributed by atoms with E-state index in [1.165, 1.54) is 0 Å². The molecule has 0 amide bonds. The number of hydrogen-bond donors (Lipinski definition) is 2. The standard InChI is InChI=1S/C14H17NO3S/c1-17-13-3-2-4-14(7-13)18-9-12(16)8-15-11-5-6-19-10-11/h2-7,10,12,15-16H,8-9H2,1H3. The number of aliphatic hydroxyl groups excluding tert-OH is 1. The molecular formula is C14H17NO3S. The highest BCUT2D eigenvalue weighted by atomic mass is 32.1. The Hall–Kier alpha value is -1.72. The Balaban J connectivity index is 1.74. The minimum Gasteiger partial charge on any atom is -0.497 e. The lowest BCUT2D eigenvalue weighted by molar-refractivity contribution is 0.117. The number of ether oxygens (including phenoxy) is 2. The minimum absolute atomic E-state index is 0.240. The van der Waals surface area contributed by atoms with Gasteiger partial charge in [0.25, 0.3) is 0 Å². The third-order valence-corrected chi connectivity index (χ3v) is 3.23. The molecule has 0 aliphatic carbocycles. The zero-order valence-electron chi connectivity index (χ0n) is 10.7. The first-order chi connectivity index (χ1) is 9.28. The van der Waals surface area contributed by atoms with Crippen molar-refractivity contribution in [3.8, 4) is 11.5 Å². The van der Waals surface area contributed by atoms with Gasteiger partial charge in [0.05, 0.1) is 7.11 Å². The van der Waals surface area contributed by atoms with E-state index in [-0.39, 0.29) is 6.61 Å². The maximum absolute atomic E-state index is 9.82. The Morgan fingerprint density at radius 3 is 2.89 bits per heavy atom. The van der Waals surface area contributed by atoms with Crippen LogP contribution in [-0.4, -0.2) is 31.5 Å². The molecule has 0 saturated carbocycles. The molecule has 4 nitrogen and oxygen atoms in total. The quantitative estimate of drug-likeness (QED) is 0.818. The zero-order chi connectivity index (χ0) is 13.5. The van der Waals surface area contributed by atoms with Crippen LogP contribution in [0.1, 0.15) is 0 Å². The topological polar surface area (TPSA) is 50.7 Å². The Labute approximate surface area is 116 Å². The molecule has 2 rings (SSSR count). The summed E-state index contributed by atoms with van der Waals surface area (Å²) in [5.41, 5.74) is 1.02. The normalized spacial score (nSPS) is 11.9. The van der Waals surface area contributed by atoms with Gasteiger partial charge in [-0.15, -0.1) is 0 Å². The fraction of sp³-hybridized carbons (Fsp3) is 0.286. The number of thiophene rings is 1. The minimum atomic E-state index is -0.564. The van der Waals surface area contributed by atoms with Crippen LogP contribution in [0.5, 0.6) is 11.5 Å². The lowest BCUT2D eigenvalue weighted by Gasteiger charge is -2.13. The van der Waals surface area contributed by atoms with Crippen LogP contribution in [0.3, 0.4) is 0 Å². The maximum atomic E-state index is 9.82. The number of aliphatic hydroxyl groups is 1. The molecule has 102 valence electrons. The van der Waals surface area contributed by atoms with Crippen molar-refractivity contribution in [1.29, 1.82) is 0 Å². The molecule has 1 unspecified atom stereocenters. The summed E-state index contributed by atoms with van der Waals surface area (Å²) in [6.07, 6.45) is -0.564. The molecule has 2 N–H and O–H groups in total. The van der Waals surface area contributed by atoms with Gasteiger partial charge in [-0.2, -0.15) is 11.3 Å². The summed E-state index contributed by atoms with van der Waals surface area (Å²) in [5.74, 6) is 1.43. The summed E-state index contributed by atoms with van der Waals surface area (Å²) >= 11 is 1.62. The van der Waals surface area contributed by atoms with Crippen LogP contribution < -0.4 is 14.8 Å². The van der Waals surface area contributed by atoms with Gasteiger partial charge < -0.3 is 19.9 Å². The van der Waals surface area contributed by atoms with Crippen molar-refractivity contribution >= 4 is 17.0 Å². The van der Waals surface area contributed by atoms with Crippen molar-refractivity contribution in [2.24, 2.45) is 0 Å². The predicted octanol–water partition coefficient (Wildman–Crippen LogP) is 2.61. The molecule has 5 heteroatoms. The Morgan fingerprint density at radius 1 is 1.32 bits per heavy atom. The lowest BCUT2D eigenvalue weighted by Crippen LogP contribution is -2.26. The highest BCUT2D eigenvalue weighted by Gasteiger charge is 2.06. The van der Waals surface area contributed by atoms with E-state index in [1.54, 1.807) is 24.5 Å². The van der Waals surface area contributed by atoms with E-state index in [0.29, 0.717) is 12.3 Å². The number of hydrogen-bond acceptors (Lipinski definition) is 5. The Kier molecular flexibility index (Phi) is 5.06. The maximum Gasteiger partial charge on any atom is 0.123 e. The van der Waals surface area contributed by atoms with Crippen molar-refractivity contribution in [2.45, 2.75) is 6.10 Å². The first kappa shape index (κ1) is 13.7. The SMILES string of the molecule is COc1cccc(OCC(O)CNc2ccsc2)c1. The van der Waals surface area contributed by atoms with Crippen molar-refractivity contribution in [1.82, 2.24) is 0 Å². The highest BCUT2D eigenvalue weighted by Crippen LogP contribution is 2.19. The molecule has 1 heterocycles. The number of anilines is 1. The summed E-state index contributed by atoms with van der Waals surface area (Å²) in [5, 5.41) is 16.9. The van der Waals surface area contributed by atoms with Crippen LogP contribution >= 0.6 is 11.3 Å². The monoisotopic (exact) mass is 279 g/mol. The molecule has 0 radical (unpaired) electrons. The molecule has 0 aliphatic rings. The summed E-state index contributed by atoms with van der Waals surface area (Å²) in [7, 11) is 1.61. The van der Waals surface area contributed by atoms with Crippen LogP contribution in [0.25, 0.3) is 0 Å². The van der Waals surface area contributed by atoms with E-state index in [1.807, 2.05) is 35.0 Å². The van der Waals surface area contributed by atoms with Gasteiger partial charge in [-0.05, 0) is 23.6 Å². The van der Waals surface area contributed by atoms with Gasteiger partial charge in [0, 0.05) is 23.7 Å². The third-order valence-electron chi connectivity index (χ3n) is 2.55. The Bertz CT molecular complexity index is 487. The summed E-state index contributed by atoms with van der Waals surface area (Å²) in [4.78, 5) is 0. The van der Waals surface area contributed by atoms with Crippen LogP contribution in [0.4, 0.5) is 5.69 Å². The Morgan fingerprint density at radius 2 is 2.16 bits per heavy atom. The van der Waals surface area contributed by atoms with E-state index in [4.69, 9.17) is 9.47 Å². The van der Waals surface area contributed by atoms with Crippen molar-refractivity contribution < 1.29 is 14.6 Å². The largest absolute Gasteiger partial charge is 0.497 e. The molecule has 0 fully saturated rings. The average molecular weight is 279 g/mol. The van der Waals surface area contributed by atoms with Crippen LogP contribution in [0, 0.1) is 0 Å². The molecule has 0 aliphatic heterocycles. The van der Waals surface area contributed by atoms with Gasteiger partial charge in [0.15, 0.2) is 0 Å². The molecule has 1 aromatic heterocycles. The second-order valence-electron chi connectivity index (χ2n) is 4.04. The zero-order valence-corrected chi connectivity index (χ0v) is 11.5. The van der Waals surface area contributed by atoms with Crippen molar-refractivity contribution in [3.63, 3.8) is 0 Å². The van der Waals surface area contributed by atoms with E-state index >= 15 is 0 Å². The molecular weight excluding hydrogens is 262 g/mol. The summed E-state index contributed by atoms with van der Waals surface area (Å²) in [6, 6.07) is 9.30. The van der Waals surface area contributed by atoms with Gasteiger partial charge in [-0.3, -0.25) is 0 Å². The van der Waals surface area contributed by atoms with E-state index in [9.17, 15) is 5.11 Å². The first-order valence-corrected chi connectivity index (χ1v) is 6.93. The third kappa shape index (κ3) is 4.46. The first-order valence-electron chi connectivity index (χ1n) is 5.99. The number of benzene rings is 1. The van der Waals surface area contributed by atoms with Gasteiger partial charge in [-0.25, -0.2) is 0 Å². The number of methoxy groups -OCH3 is 1. The number of rotatable bonds is 7. The fourth-order valence-electron chi connectivity index (χ4n) is 1.54. The molecule has 0 spiro atoms. The van der Waals surface area contributed by atoms with Crippen molar-refractivity contribution in [3.05, 3.63) is 41.1 Å². The summed E-state index contributed by atoms with van der Waals surface area (Å²) < 4.78 is 10.6. The molecule has 0 bridgehead atoms. The summed E-state index contributed by atoms with van der Waals surface area (Å²) in [6.45, 7) is 0.699. The lowest BCUT2D eigenvalue weighted by atomic mass is 10.3. The highest BCUT2D eigenvalue weighted by molar-refractivity contribution is 7.08. The van der Waals surface area contributed by atoms with E-state index < -0.39 is 6.10 Å². The second-order valence-corrected chi connectivity index (χ2v) is 4.82.